The van der Waals surface area contributed by atoms with Gasteiger partial charge in [0.1, 0.15) is 11.8 Å². The number of nitrogens with one attached hydrogen (secondary N) is 2. The zero-order valence-electron chi connectivity index (χ0n) is 10.8. The molecule has 5 nitrogen and oxygen atoms in total. The van der Waals surface area contributed by atoms with Crippen molar-refractivity contribution in [1.29, 1.82) is 0 Å². The van der Waals surface area contributed by atoms with E-state index >= 15 is 0 Å². The van der Waals surface area contributed by atoms with Crippen molar-refractivity contribution in [2.24, 2.45) is 0 Å². The van der Waals surface area contributed by atoms with Gasteiger partial charge in [-0.2, -0.15) is 0 Å². The van der Waals surface area contributed by atoms with Gasteiger partial charge >= 0.3 is 0 Å². The smallest absolute Gasteiger partial charge is 0.116 e. The first-order valence-corrected chi connectivity index (χ1v) is 7.19. The molecule has 0 amide bonds. The lowest BCUT2D eigenvalue weighted by molar-refractivity contribution is 1.22. The van der Waals surface area contributed by atoms with Gasteiger partial charge in [0.25, 0.3) is 0 Å². The number of hydrogen-bond acceptors (Lipinski definition) is 4. The van der Waals surface area contributed by atoms with Crippen molar-refractivity contribution in [1.82, 2.24) is 19.9 Å². The Morgan fingerprint density at radius 1 is 1.10 bits per heavy atom. The van der Waals surface area contributed by atoms with Gasteiger partial charge in [0, 0.05) is 21.7 Å². The maximum Gasteiger partial charge on any atom is 0.116 e. The zero-order chi connectivity index (χ0) is 14.2. The second-order valence-electron chi connectivity index (χ2n) is 4.65. The highest BCUT2D eigenvalue weighted by atomic mass is 79.9. The Balaban J connectivity index is 1.92. The molecular formula is C15H10BrN5. The minimum Gasteiger partial charge on any atom is -0.354 e. The average Bonchev–Trinajstić information content (AvgIpc) is 2.97. The van der Waals surface area contributed by atoms with E-state index in [-0.39, 0.29) is 0 Å². The normalized spacial score (nSPS) is 11.1. The first-order chi connectivity index (χ1) is 10.3. The Kier molecular flexibility index (Phi) is 2.82. The van der Waals surface area contributed by atoms with Crippen LogP contribution in [0.5, 0.6) is 0 Å². The van der Waals surface area contributed by atoms with Crippen LogP contribution in [0.2, 0.25) is 0 Å². The second-order valence-corrected chi connectivity index (χ2v) is 5.56. The number of benzene rings is 2. The van der Waals surface area contributed by atoms with Crippen molar-refractivity contribution in [3.05, 3.63) is 53.7 Å². The first-order valence-electron chi connectivity index (χ1n) is 6.40. The fourth-order valence-electron chi connectivity index (χ4n) is 2.37. The summed E-state index contributed by atoms with van der Waals surface area (Å²) in [6, 6.07) is 10.0. The zero-order valence-corrected chi connectivity index (χ0v) is 12.4. The van der Waals surface area contributed by atoms with Crippen LogP contribution in [0.1, 0.15) is 0 Å². The van der Waals surface area contributed by atoms with Gasteiger partial charge in [0.2, 0.25) is 0 Å². The highest BCUT2D eigenvalue weighted by molar-refractivity contribution is 9.10. The van der Waals surface area contributed by atoms with Crippen molar-refractivity contribution < 1.29 is 0 Å². The fraction of sp³-hybridized carbons (Fsp3) is 0. The van der Waals surface area contributed by atoms with Gasteiger partial charge in [-0.05, 0) is 24.3 Å². The van der Waals surface area contributed by atoms with Crippen LogP contribution in [0.4, 0.5) is 11.4 Å². The molecule has 0 aliphatic heterocycles. The number of fused-ring (bicyclic) bond motifs is 3. The Hall–Kier alpha value is -2.47. The van der Waals surface area contributed by atoms with Crippen molar-refractivity contribution in [3.63, 3.8) is 0 Å². The summed E-state index contributed by atoms with van der Waals surface area (Å²) in [4.78, 5) is 16.0. The molecule has 0 aliphatic rings. The van der Waals surface area contributed by atoms with Crippen LogP contribution < -0.4 is 5.32 Å². The summed E-state index contributed by atoms with van der Waals surface area (Å²) >= 11 is 3.48. The van der Waals surface area contributed by atoms with Gasteiger partial charge in [0.05, 0.1) is 23.0 Å². The molecule has 2 aromatic heterocycles. The molecule has 102 valence electrons. The summed E-state index contributed by atoms with van der Waals surface area (Å²) in [6.45, 7) is 0. The molecule has 0 fully saturated rings. The van der Waals surface area contributed by atoms with E-state index in [0.717, 1.165) is 37.8 Å². The maximum atomic E-state index is 4.40. The van der Waals surface area contributed by atoms with Gasteiger partial charge in [-0.1, -0.05) is 22.0 Å². The van der Waals surface area contributed by atoms with Gasteiger partial charge in [-0.15, -0.1) is 0 Å². The average molecular weight is 340 g/mol. The van der Waals surface area contributed by atoms with E-state index in [0.29, 0.717) is 0 Å². The summed E-state index contributed by atoms with van der Waals surface area (Å²) in [5.74, 6) is 0. The molecule has 0 saturated heterocycles. The molecule has 0 atom stereocenters. The van der Waals surface area contributed by atoms with E-state index in [1.807, 2.05) is 30.3 Å². The molecule has 0 spiro atoms. The Morgan fingerprint density at radius 2 is 2.05 bits per heavy atom. The van der Waals surface area contributed by atoms with Gasteiger partial charge in [0.15, 0.2) is 0 Å². The quantitative estimate of drug-likeness (QED) is 0.579. The topological polar surface area (TPSA) is 66.5 Å². The minimum atomic E-state index is 0.862. The third-order valence-electron chi connectivity index (χ3n) is 3.28. The molecule has 0 aliphatic carbocycles. The fourth-order valence-corrected chi connectivity index (χ4v) is 2.77. The highest BCUT2D eigenvalue weighted by Crippen LogP contribution is 2.30. The van der Waals surface area contributed by atoms with Crippen molar-refractivity contribution in [3.8, 4) is 0 Å². The number of rotatable bonds is 2. The van der Waals surface area contributed by atoms with Crippen molar-refractivity contribution in [2.75, 3.05) is 5.32 Å². The molecule has 4 rings (SSSR count). The summed E-state index contributed by atoms with van der Waals surface area (Å²) < 4.78 is 1.02. The molecule has 0 unspecified atom stereocenters. The van der Waals surface area contributed by atoms with E-state index in [1.165, 1.54) is 0 Å². The van der Waals surface area contributed by atoms with E-state index in [2.05, 4.69) is 41.2 Å². The SMILES string of the molecule is Brc1cccc(Nc2cc3cncnc3c3[nH]cnc23)c1. The highest BCUT2D eigenvalue weighted by Gasteiger charge is 2.10. The standard InChI is InChI=1S/C15H10BrN5/c16-10-2-1-3-11(5-10)21-12-4-9-6-17-7-18-13(9)15-14(12)19-8-20-15/h1-8,21H,(H,19,20). The van der Waals surface area contributed by atoms with Crippen LogP contribution in [-0.4, -0.2) is 19.9 Å². The monoisotopic (exact) mass is 339 g/mol. The van der Waals surface area contributed by atoms with E-state index in [9.17, 15) is 0 Å². The van der Waals surface area contributed by atoms with Crippen molar-refractivity contribution >= 4 is 49.2 Å². The number of nitrogens with zero attached hydrogens (tertiary/aromatic N) is 3. The number of H-pyrrole nitrogens is 1. The summed E-state index contributed by atoms with van der Waals surface area (Å²) in [5, 5.41) is 4.36. The predicted molar refractivity (Wildman–Crippen MR) is 86.6 cm³/mol. The van der Waals surface area contributed by atoms with Crippen LogP contribution >= 0.6 is 15.9 Å². The molecule has 2 aromatic carbocycles. The Labute approximate surface area is 128 Å². The Morgan fingerprint density at radius 3 is 2.95 bits per heavy atom. The molecular weight excluding hydrogens is 330 g/mol. The van der Waals surface area contributed by atoms with E-state index in [1.54, 1.807) is 18.9 Å². The minimum absolute atomic E-state index is 0.862. The molecule has 0 radical (unpaired) electrons. The van der Waals surface area contributed by atoms with Gasteiger partial charge in [-0.3, -0.25) is 0 Å². The number of aromatic amines is 1. The first kappa shape index (κ1) is 12.3. The molecule has 2 heterocycles. The summed E-state index contributed by atoms with van der Waals surface area (Å²) in [6.07, 6.45) is 5.02. The molecule has 0 bridgehead atoms. The van der Waals surface area contributed by atoms with Crippen molar-refractivity contribution in [2.45, 2.75) is 0 Å². The van der Waals surface area contributed by atoms with E-state index < -0.39 is 0 Å². The molecule has 0 saturated carbocycles. The van der Waals surface area contributed by atoms with Crippen LogP contribution in [0.3, 0.4) is 0 Å². The van der Waals surface area contributed by atoms with Crippen LogP contribution in [0.25, 0.3) is 21.9 Å². The third kappa shape index (κ3) is 2.13. The summed E-state index contributed by atoms with van der Waals surface area (Å²) in [5.41, 5.74) is 4.56. The molecule has 6 heteroatoms. The maximum absolute atomic E-state index is 4.40. The number of halogens is 1. The number of imidazole rings is 1. The van der Waals surface area contributed by atoms with Crippen LogP contribution in [0, 0.1) is 0 Å². The number of aromatic nitrogens is 4. The molecule has 2 N–H and O–H groups in total. The number of anilines is 2. The Bertz CT molecular complexity index is 947. The largest absolute Gasteiger partial charge is 0.354 e. The second kappa shape index (κ2) is 4.82. The van der Waals surface area contributed by atoms with Crippen LogP contribution in [-0.2, 0) is 0 Å². The lowest BCUT2D eigenvalue weighted by Gasteiger charge is -2.09. The van der Waals surface area contributed by atoms with Gasteiger partial charge in [-0.25, -0.2) is 15.0 Å². The lowest BCUT2D eigenvalue weighted by atomic mass is 10.1. The predicted octanol–water partition coefficient (Wildman–Crippen LogP) is 4.01. The molecule has 21 heavy (non-hydrogen) atoms. The summed E-state index contributed by atoms with van der Waals surface area (Å²) in [7, 11) is 0. The number of hydrogen-bond donors (Lipinski definition) is 2. The third-order valence-corrected chi connectivity index (χ3v) is 3.77. The lowest BCUT2D eigenvalue weighted by Crippen LogP contribution is -1.93. The molecule has 4 aromatic rings. The van der Waals surface area contributed by atoms with Crippen LogP contribution in [0.15, 0.2) is 53.7 Å². The van der Waals surface area contributed by atoms with Gasteiger partial charge < -0.3 is 10.3 Å². The van der Waals surface area contributed by atoms with E-state index in [4.69, 9.17) is 0 Å².